The molecule has 4 nitrogen and oxygen atoms in total. The zero-order chi connectivity index (χ0) is 9.80. The molecule has 0 aliphatic carbocycles. The number of hydrogen-bond donors (Lipinski definition) is 2. The monoisotopic (exact) mass is 304 g/mol. The second kappa shape index (κ2) is 4.88. The van der Waals surface area contributed by atoms with Gasteiger partial charge < -0.3 is 10.6 Å². The normalized spacial score (nSPS) is 21.9. The largest absolute Gasteiger partial charge is 0.365 e. The van der Waals surface area contributed by atoms with Crippen molar-refractivity contribution in [1.82, 2.24) is 15.3 Å². The van der Waals surface area contributed by atoms with Gasteiger partial charge in [-0.25, -0.2) is 9.97 Å². The third-order valence-electron chi connectivity index (χ3n) is 2.31. The summed E-state index contributed by atoms with van der Waals surface area (Å²) in [5.41, 5.74) is 0. The number of nitrogens with one attached hydrogen (secondary N) is 2. The molecule has 2 N–H and O–H groups in total. The summed E-state index contributed by atoms with van der Waals surface area (Å²) in [7, 11) is 0. The van der Waals surface area contributed by atoms with Gasteiger partial charge in [-0.3, -0.25) is 0 Å². The predicted molar refractivity (Wildman–Crippen MR) is 64.3 cm³/mol. The van der Waals surface area contributed by atoms with Crippen LogP contribution in [0.1, 0.15) is 12.8 Å². The van der Waals surface area contributed by atoms with Crippen molar-refractivity contribution >= 4 is 28.4 Å². The Morgan fingerprint density at radius 3 is 3.21 bits per heavy atom. The van der Waals surface area contributed by atoms with E-state index in [4.69, 9.17) is 0 Å². The Labute approximate surface area is 97.1 Å². The zero-order valence-corrected chi connectivity index (χ0v) is 9.99. The van der Waals surface area contributed by atoms with Crippen LogP contribution < -0.4 is 10.6 Å². The molecule has 1 aliphatic rings. The SMILES string of the molecule is Ic1cncnc1NC1CCCNC1. The average molecular weight is 304 g/mol. The smallest absolute Gasteiger partial charge is 0.143 e. The first-order valence-corrected chi connectivity index (χ1v) is 5.87. The van der Waals surface area contributed by atoms with E-state index in [0.29, 0.717) is 6.04 Å². The van der Waals surface area contributed by atoms with Crippen LogP contribution in [0.3, 0.4) is 0 Å². The number of hydrogen-bond acceptors (Lipinski definition) is 4. The Kier molecular flexibility index (Phi) is 3.52. The highest BCUT2D eigenvalue weighted by atomic mass is 127. The van der Waals surface area contributed by atoms with Gasteiger partial charge in [0.25, 0.3) is 0 Å². The van der Waals surface area contributed by atoms with E-state index in [2.05, 4.69) is 43.2 Å². The van der Waals surface area contributed by atoms with Crippen molar-refractivity contribution in [1.29, 1.82) is 0 Å². The molecule has 1 fully saturated rings. The maximum Gasteiger partial charge on any atom is 0.143 e. The fraction of sp³-hybridized carbons (Fsp3) is 0.556. The van der Waals surface area contributed by atoms with E-state index in [1.807, 2.05) is 6.20 Å². The summed E-state index contributed by atoms with van der Waals surface area (Å²) in [6, 6.07) is 0.507. The molecule has 0 radical (unpaired) electrons. The minimum atomic E-state index is 0.507. The lowest BCUT2D eigenvalue weighted by Gasteiger charge is -2.24. The Balaban J connectivity index is 1.99. The standard InChI is InChI=1S/C9H13IN4/c10-8-5-12-6-13-9(8)14-7-2-1-3-11-4-7/h5-7,11H,1-4H2,(H,12,13,14). The summed E-state index contributed by atoms with van der Waals surface area (Å²) in [5.74, 6) is 0.953. The molecule has 1 atom stereocenters. The molecule has 0 amide bonds. The van der Waals surface area contributed by atoms with Crippen LogP contribution in [0.25, 0.3) is 0 Å². The average Bonchev–Trinajstić information content (AvgIpc) is 2.23. The van der Waals surface area contributed by atoms with E-state index in [1.54, 1.807) is 6.33 Å². The second-order valence-electron chi connectivity index (χ2n) is 3.41. The fourth-order valence-electron chi connectivity index (χ4n) is 1.59. The van der Waals surface area contributed by atoms with Crippen molar-refractivity contribution in [2.45, 2.75) is 18.9 Å². The lowest BCUT2D eigenvalue weighted by Crippen LogP contribution is -2.38. The van der Waals surface area contributed by atoms with Crippen LogP contribution in [0.4, 0.5) is 5.82 Å². The predicted octanol–water partition coefficient (Wildman–Crippen LogP) is 1.25. The Morgan fingerprint density at radius 1 is 1.57 bits per heavy atom. The van der Waals surface area contributed by atoms with Gasteiger partial charge in [0, 0.05) is 18.8 Å². The first-order chi connectivity index (χ1) is 6.86. The number of halogens is 1. The quantitative estimate of drug-likeness (QED) is 0.807. The van der Waals surface area contributed by atoms with Gasteiger partial charge in [0.2, 0.25) is 0 Å². The molecule has 0 saturated carbocycles. The van der Waals surface area contributed by atoms with Crippen LogP contribution in [-0.4, -0.2) is 29.1 Å². The van der Waals surface area contributed by atoms with E-state index in [1.165, 1.54) is 12.8 Å². The number of nitrogens with zero attached hydrogens (tertiary/aromatic N) is 2. The van der Waals surface area contributed by atoms with E-state index >= 15 is 0 Å². The minimum absolute atomic E-state index is 0.507. The van der Waals surface area contributed by atoms with Gasteiger partial charge in [-0.15, -0.1) is 0 Å². The Bertz CT molecular complexity index is 299. The van der Waals surface area contributed by atoms with Gasteiger partial charge in [0.15, 0.2) is 0 Å². The summed E-state index contributed by atoms with van der Waals surface area (Å²) < 4.78 is 1.08. The molecule has 0 bridgehead atoms. The van der Waals surface area contributed by atoms with Gasteiger partial charge in [-0.1, -0.05) is 0 Å². The summed E-state index contributed by atoms with van der Waals surface area (Å²) in [5, 5.41) is 6.79. The summed E-state index contributed by atoms with van der Waals surface area (Å²) in [6.45, 7) is 2.17. The lowest BCUT2D eigenvalue weighted by molar-refractivity contribution is 0.479. The number of aromatic nitrogens is 2. The Morgan fingerprint density at radius 2 is 2.50 bits per heavy atom. The number of piperidine rings is 1. The lowest BCUT2D eigenvalue weighted by atomic mass is 10.1. The highest BCUT2D eigenvalue weighted by molar-refractivity contribution is 14.1. The Hall–Kier alpha value is -0.430. The molecule has 2 heterocycles. The van der Waals surface area contributed by atoms with Gasteiger partial charge in [0.1, 0.15) is 12.1 Å². The summed E-state index contributed by atoms with van der Waals surface area (Å²) >= 11 is 2.25. The molecule has 1 aromatic rings. The van der Waals surface area contributed by atoms with Crippen LogP contribution in [0.2, 0.25) is 0 Å². The third-order valence-corrected chi connectivity index (χ3v) is 3.09. The van der Waals surface area contributed by atoms with E-state index in [0.717, 1.165) is 22.5 Å². The van der Waals surface area contributed by atoms with E-state index in [9.17, 15) is 0 Å². The van der Waals surface area contributed by atoms with Crippen LogP contribution in [-0.2, 0) is 0 Å². The van der Waals surface area contributed by atoms with Crippen LogP contribution in [0.15, 0.2) is 12.5 Å². The molecular formula is C9H13IN4. The molecule has 1 aromatic heterocycles. The molecule has 1 aliphatic heterocycles. The number of anilines is 1. The first-order valence-electron chi connectivity index (χ1n) is 4.79. The van der Waals surface area contributed by atoms with Crippen molar-refractivity contribution in [2.24, 2.45) is 0 Å². The van der Waals surface area contributed by atoms with Gasteiger partial charge in [-0.05, 0) is 42.0 Å². The van der Waals surface area contributed by atoms with Crippen LogP contribution >= 0.6 is 22.6 Å². The highest BCUT2D eigenvalue weighted by Crippen LogP contribution is 2.15. The van der Waals surface area contributed by atoms with E-state index < -0.39 is 0 Å². The van der Waals surface area contributed by atoms with Gasteiger partial charge in [0.05, 0.1) is 3.57 Å². The first kappa shape index (κ1) is 10.1. The number of rotatable bonds is 2. The van der Waals surface area contributed by atoms with Crippen LogP contribution in [0.5, 0.6) is 0 Å². The van der Waals surface area contributed by atoms with Gasteiger partial charge >= 0.3 is 0 Å². The van der Waals surface area contributed by atoms with Crippen molar-refractivity contribution in [2.75, 3.05) is 18.4 Å². The third kappa shape index (κ3) is 2.54. The molecule has 0 aromatic carbocycles. The summed E-state index contributed by atoms with van der Waals surface area (Å²) in [4.78, 5) is 8.18. The topological polar surface area (TPSA) is 49.8 Å². The molecule has 14 heavy (non-hydrogen) atoms. The minimum Gasteiger partial charge on any atom is -0.365 e. The van der Waals surface area contributed by atoms with Crippen LogP contribution in [0, 0.1) is 3.57 Å². The van der Waals surface area contributed by atoms with Crippen molar-refractivity contribution in [3.05, 3.63) is 16.1 Å². The molecule has 2 rings (SSSR count). The summed E-state index contributed by atoms with van der Waals surface area (Å²) in [6.07, 6.45) is 5.86. The maximum absolute atomic E-state index is 4.21. The van der Waals surface area contributed by atoms with Crippen molar-refractivity contribution < 1.29 is 0 Å². The molecule has 1 saturated heterocycles. The maximum atomic E-state index is 4.21. The highest BCUT2D eigenvalue weighted by Gasteiger charge is 2.13. The second-order valence-corrected chi connectivity index (χ2v) is 4.57. The van der Waals surface area contributed by atoms with Crippen molar-refractivity contribution in [3.8, 4) is 0 Å². The molecule has 76 valence electrons. The molecule has 0 spiro atoms. The van der Waals surface area contributed by atoms with Gasteiger partial charge in [-0.2, -0.15) is 0 Å². The molecular weight excluding hydrogens is 291 g/mol. The molecule has 1 unspecified atom stereocenters. The fourth-order valence-corrected chi connectivity index (χ4v) is 2.04. The molecule has 5 heteroatoms. The zero-order valence-electron chi connectivity index (χ0n) is 7.83. The van der Waals surface area contributed by atoms with E-state index in [-0.39, 0.29) is 0 Å². The van der Waals surface area contributed by atoms with Crippen molar-refractivity contribution in [3.63, 3.8) is 0 Å².